The van der Waals surface area contributed by atoms with E-state index in [2.05, 4.69) is 30.7 Å². The number of likely N-dealkylation sites (tertiary alicyclic amines) is 1. The zero-order valence-electron chi connectivity index (χ0n) is 17.3. The van der Waals surface area contributed by atoms with E-state index in [1.807, 2.05) is 31.2 Å². The van der Waals surface area contributed by atoms with Crippen molar-refractivity contribution in [1.82, 2.24) is 30.0 Å². The minimum atomic E-state index is -0.250. The molecule has 1 aromatic carbocycles. The lowest BCUT2D eigenvalue weighted by Gasteiger charge is -2.31. The fraction of sp³-hybridized carbons (Fsp3) is 0.381. The Bertz CT molecular complexity index is 967. The van der Waals surface area contributed by atoms with Crippen molar-refractivity contribution < 1.29 is 14.7 Å². The molecule has 0 saturated carbocycles. The van der Waals surface area contributed by atoms with Crippen molar-refractivity contribution in [3.05, 3.63) is 58.6 Å². The molecule has 2 aromatic heterocycles. The summed E-state index contributed by atoms with van der Waals surface area (Å²) in [5.41, 5.74) is 2.46. The molecule has 1 aliphatic heterocycles. The molecule has 2 N–H and O–H groups in total. The third-order valence-electron chi connectivity index (χ3n) is 5.10. The number of nitrogens with zero attached hydrogens (tertiary/aromatic N) is 5. The standard InChI is InChI=1S/C20H24N6OS.CH2O2/c1-15-12-28-19(24-15)11-25-8-6-16(7-9-25)10-22-20(27)17-4-2-3-5-18(17)26-14-21-13-23-26;2-1-3/h2-5,12-14,16H,6-11H2,1H3,(H,22,27);1H,(H,2,3). The predicted molar refractivity (Wildman–Crippen MR) is 117 cm³/mol. The molecule has 3 heterocycles. The number of para-hydroxylation sites is 1. The minimum Gasteiger partial charge on any atom is -0.483 e. The predicted octanol–water partition coefficient (Wildman–Crippen LogP) is 2.38. The van der Waals surface area contributed by atoms with Crippen LogP contribution in [0.2, 0.25) is 0 Å². The Morgan fingerprint density at radius 3 is 2.71 bits per heavy atom. The van der Waals surface area contributed by atoms with Crippen LogP contribution in [0, 0.1) is 12.8 Å². The van der Waals surface area contributed by atoms with Crippen LogP contribution >= 0.6 is 11.3 Å². The van der Waals surface area contributed by atoms with Crippen LogP contribution in [0.1, 0.15) is 33.9 Å². The fourth-order valence-corrected chi connectivity index (χ4v) is 4.36. The first kappa shape index (κ1) is 22.6. The Morgan fingerprint density at radius 1 is 1.32 bits per heavy atom. The number of benzene rings is 1. The zero-order valence-corrected chi connectivity index (χ0v) is 18.2. The Labute approximate surface area is 184 Å². The van der Waals surface area contributed by atoms with Crippen LogP contribution in [0.25, 0.3) is 5.69 Å². The van der Waals surface area contributed by atoms with Crippen LogP contribution < -0.4 is 5.32 Å². The second-order valence-electron chi connectivity index (χ2n) is 7.27. The minimum absolute atomic E-state index is 0.0632. The maximum atomic E-state index is 12.7. The number of hydrogen-bond acceptors (Lipinski definition) is 7. The lowest BCUT2D eigenvalue weighted by atomic mass is 9.96. The van der Waals surface area contributed by atoms with Crippen LogP contribution in [0.3, 0.4) is 0 Å². The molecule has 1 amide bonds. The van der Waals surface area contributed by atoms with Crippen molar-refractivity contribution in [1.29, 1.82) is 0 Å². The lowest BCUT2D eigenvalue weighted by Crippen LogP contribution is -2.38. The number of thiazole rings is 1. The third kappa shape index (κ3) is 6.43. The molecule has 4 rings (SSSR count). The number of carbonyl (C=O) groups excluding carboxylic acids is 1. The van der Waals surface area contributed by atoms with Crippen LogP contribution in [-0.4, -0.2) is 61.8 Å². The number of carbonyl (C=O) groups is 2. The van der Waals surface area contributed by atoms with Crippen molar-refractivity contribution in [2.24, 2.45) is 5.92 Å². The van der Waals surface area contributed by atoms with Crippen molar-refractivity contribution in [2.75, 3.05) is 19.6 Å². The summed E-state index contributed by atoms with van der Waals surface area (Å²) in [6.45, 7) is 5.52. The highest BCUT2D eigenvalue weighted by atomic mass is 32.1. The van der Waals surface area contributed by atoms with E-state index in [1.165, 1.54) is 11.3 Å². The molecule has 0 unspecified atom stereocenters. The monoisotopic (exact) mass is 442 g/mol. The van der Waals surface area contributed by atoms with Gasteiger partial charge in [-0.2, -0.15) is 5.10 Å². The second kappa shape index (κ2) is 11.3. The van der Waals surface area contributed by atoms with Gasteiger partial charge in [0.15, 0.2) is 0 Å². The first-order valence-corrected chi connectivity index (χ1v) is 10.9. The highest BCUT2D eigenvalue weighted by Gasteiger charge is 2.21. The number of nitrogens with one attached hydrogen (secondary N) is 1. The molecule has 10 heteroatoms. The Hall–Kier alpha value is -3.11. The van der Waals surface area contributed by atoms with E-state index in [4.69, 9.17) is 9.90 Å². The molecular weight excluding hydrogens is 416 g/mol. The highest BCUT2D eigenvalue weighted by Crippen LogP contribution is 2.20. The van der Waals surface area contributed by atoms with Gasteiger partial charge in [-0.25, -0.2) is 14.6 Å². The second-order valence-corrected chi connectivity index (χ2v) is 8.22. The maximum absolute atomic E-state index is 12.7. The Kier molecular flexibility index (Phi) is 8.25. The van der Waals surface area contributed by atoms with Crippen molar-refractivity contribution in [2.45, 2.75) is 26.3 Å². The molecule has 0 spiro atoms. The molecule has 9 nitrogen and oxygen atoms in total. The van der Waals surface area contributed by atoms with E-state index in [0.717, 1.165) is 43.9 Å². The number of aromatic nitrogens is 4. The normalized spacial score (nSPS) is 14.5. The topological polar surface area (TPSA) is 113 Å². The average molecular weight is 443 g/mol. The van der Waals surface area contributed by atoms with Gasteiger partial charge in [-0.1, -0.05) is 12.1 Å². The van der Waals surface area contributed by atoms with Crippen LogP contribution in [-0.2, 0) is 11.3 Å². The fourth-order valence-electron chi connectivity index (χ4n) is 3.55. The lowest BCUT2D eigenvalue weighted by molar-refractivity contribution is -0.122. The van der Waals surface area contributed by atoms with Gasteiger partial charge in [-0.15, -0.1) is 11.3 Å². The molecular formula is C21H26N6O3S. The average Bonchev–Trinajstić information content (AvgIpc) is 3.46. The zero-order chi connectivity index (χ0) is 22.1. The van der Waals surface area contributed by atoms with Crippen molar-refractivity contribution >= 4 is 23.7 Å². The number of amides is 1. The number of rotatable bonds is 6. The van der Waals surface area contributed by atoms with Gasteiger partial charge >= 0.3 is 0 Å². The molecule has 164 valence electrons. The molecule has 1 aliphatic rings. The van der Waals surface area contributed by atoms with Gasteiger partial charge in [0.2, 0.25) is 0 Å². The van der Waals surface area contributed by atoms with Crippen LogP contribution in [0.4, 0.5) is 0 Å². The quantitative estimate of drug-likeness (QED) is 0.564. The van der Waals surface area contributed by atoms with E-state index in [9.17, 15) is 4.79 Å². The van der Waals surface area contributed by atoms with Gasteiger partial charge in [-0.05, 0) is 50.9 Å². The van der Waals surface area contributed by atoms with E-state index < -0.39 is 0 Å². The number of hydrogen-bond donors (Lipinski definition) is 2. The molecule has 31 heavy (non-hydrogen) atoms. The van der Waals surface area contributed by atoms with E-state index in [0.29, 0.717) is 18.0 Å². The highest BCUT2D eigenvalue weighted by molar-refractivity contribution is 7.09. The summed E-state index contributed by atoms with van der Waals surface area (Å²) in [6, 6.07) is 7.47. The van der Waals surface area contributed by atoms with Crippen molar-refractivity contribution in [3.8, 4) is 5.69 Å². The van der Waals surface area contributed by atoms with Gasteiger partial charge in [0.25, 0.3) is 12.4 Å². The summed E-state index contributed by atoms with van der Waals surface area (Å²) < 4.78 is 1.62. The maximum Gasteiger partial charge on any atom is 0.290 e. The molecule has 0 bridgehead atoms. The molecule has 1 fully saturated rings. The summed E-state index contributed by atoms with van der Waals surface area (Å²) in [5.74, 6) is 0.448. The third-order valence-corrected chi connectivity index (χ3v) is 6.05. The Balaban J connectivity index is 0.000000858. The summed E-state index contributed by atoms with van der Waals surface area (Å²) in [6.07, 6.45) is 5.26. The summed E-state index contributed by atoms with van der Waals surface area (Å²) >= 11 is 1.73. The van der Waals surface area contributed by atoms with Crippen LogP contribution in [0.15, 0.2) is 42.3 Å². The van der Waals surface area contributed by atoms with Gasteiger partial charge in [0.1, 0.15) is 17.7 Å². The van der Waals surface area contributed by atoms with Gasteiger partial charge < -0.3 is 10.4 Å². The molecule has 0 radical (unpaired) electrons. The summed E-state index contributed by atoms with van der Waals surface area (Å²) in [5, 5.41) is 17.4. The van der Waals surface area contributed by atoms with Gasteiger partial charge in [0.05, 0.1) is 17.8 Å². The SMILES string of the molecule is Cc1csc(CN2CCC(CNC(=O)c3ccccc3-n3cncn3)CC2)n1.O=CO. The van der Waals surface area contributed by atoms with E-state index in [1.54, 1.807) is 22.3 Å². The summed E-state index contributed by atoms with van der Waals surface area (Å²) in [4.78, 5) is 32.1. The van der Waals surface area contributed by atoms with Crippen LogP contribution in [0.5, 0.6) is 0 Å². The number of aryl methyl sites for hydroxylation is 1. The first-order chi connectivity index (χ1) is 15.1. The molecule has 3 aromatic rings. The largest absolute Gasteiger partial charge is 0.483 e. The Morgan fingerprint density at radius 2 is 2.06 bits per heavy atom. The number of carboxylic acid groups (broad SMARTS) is 1. The van der Waals surface area contributed by atoms with Gasteiger partial charge in [-0.3, -0.25) is 14.5 Å². The summed E-state index contributed by atoms with van der Waals surface area (Å²) in [7, 11) is 0. The molecule has 0 atom stereocenters. The molecule has 1 saturated heterocycles. The van der Waals surface area contributed by atoms with Crippen molar-refractivity contribution in [3.63, 3.8) is 0 Å². The molecule has 0 aliphatic carbocycles. The van der Waals surface area contributed by atoms with E-state index in [-0.39, 0.29) is 12.4 Å². The smallest absolute Gasteiger partial charge is 0.290 e. The number of piperidine rings is 1. The van der Waals surface area contributed by atoms with E-state index >= 15 is 0 Å². The first-order valence-electron chi connectivity index (χ1n) is 10.0. The van der Waals surface area contributed by atoms with Gasteiger partial charge in [0, 0.05) is 17.6 Å².